The third-order valence-corrected chi connectivity index (χ3v) is 6.30. The van der Waals surface area contributed by atoms with E-state index < -0.39 is 0 Å². The molecule has 2 aromatic heterocycles. The fourth-order valence-electron chi connectivity index (χ4n) is 4.36. The van der Waals surface area contributed by atoms with Crippen LogP contribution in [0.1, 0.15) is 74.7 Å². The summed E-state index contributed by atoms with van der Waals surface area (Å²) >= 11 is 0. The number of amides is 1. The highest BCUT2D eigenvalue weighted by Gasteiger charge is 2.24. The van der Waals surface area contributed by atoms with Gasteiger partial charge in [0.2, 0.25) is 0 Å². The van der Waals surface area contributed by atoms with Crippen molar-refractivity contribution in [3.8, 4) is 5.69 Å². The first kappa shape index (κ1) is 23.7. The minimum atomic E-state index is -0.194. The molecule has 0 atom stereocenters. The summed E-state index contributed by atoms with van der Waals surface area (Å²) in [7, 11) is 0. The predicted molar refractivity (Wildman–Crippen MR) is 140 cm³/mol. The number of nitrogens with one attached hydrogen (secondary N) is 1. The Morgan fingerprint density at radius 3 is 2.26 bits per heavy atom. The molecule has 0 saturated heterocycles. The summed E-state index contributed by atoms with van der Waals surface area (Å²) < 4.78 is 1.86. The van der Waals surface area contributed by atoms with Gasteiger partial charge in [0.1, 0.15) is 16.9 Å². The standard InChI is InChI=1S/C28H35N5O/c1-3-5-7-8-11-19-30-28(34)24-25-27(32-23-14-10-9-13-22(23)31-25)33(26(24)29)21-17-15-20(16-18-21)12-6-4-2/h9-10,13-18H,3-8,11-12,19,29H2,1-2H3,(H,30,34). The highest BCUT2D eigenvalue weighted by molar-refractivity contribution is 6.11. The molecule has 0 radical (unpaired) electrons. The van der Waals surface area contributed by atoms with Gasteiger partial charge in [-0.3, -0.25) is 9.36 Å². The molecule has 0 unspecified atom stereocenters. The Hall–Kier alpha value is -3.41. The first-order valence-corrected chi connectivity index (χ1v) is 12.6. The van der Waals surface area contributed by atoms with Gasteiger partial charge in [0, 0.05) is 12.2 Å². The SMILES string of the molecule is CCCCCCCNC(=O)c1c(N)n(-c2ccc(CCCC)cc2)c2nc3ccccc3nc12. The first-order chi connectivity index (χ1) is 16.6. The van der Waals surface area contributed by atoms with E-state index in [1.807, 2.05) is 41.0 Å². The maximum Gasteiger partial charge on any atom is 0.257 e. The van der Waals surface area contributed by atoms with Crippen LogP contribution in [0.5, 0.6) is 0 Å². The van der Waals surface area contributed by atoms with Crippen molar-refractivity contribution in [3.05, 3.63) is 59.7 Å². The van der Waals surface area contributed by atoms with Gasteiger partial charge in [-0.25, -0.2) is 9.97 Å². The topological polar surface area (TPSA) is 85.8 Å². The molecule has 2 heterocycles. The van der Waals surface area contributed by atoms with Gasteiger partial charge in [-0.15, -0.1) is 0 Å². The lowest BCUT2D eigenvalue weighted by Gasteiger charge is -2.09. The van der Waals surface area contributed by atoms with Crippen molar-refractivity contribution in [1.82, 2.24) is 19.9 Å². The lowest BCUT2D eigenvalue weighted by atomic mass is 10.1. The Morgan fingerprint density at radius 2 is 1.56 bits per heavy atom. The zero-order valence-corrected chi connectivity index (χ0v) is 20.3. The van der Waals surface area contributed by atoms with Crippen LogP contribution in [-0.4, -0.2) is 27.0 Å². The molecular formula is C28H35N5O. The van der Waals surface area contributed by atoms with Gasteiger partial charge in [0.25, 0.3) is 5.91 Å². The molecule has 1 amide bonds. The van der Waals surface area contributed by atoms with Crippen LogP contribution >= 0.6 is 0 Å². The summed E-state index contributed by atoms with van der Waals surface area (Å²) in [5, 5.41) is 3.05. The molecule has 0 saturated carbocycles. The number of nitrogens with zero attached hydrogens (tertiary/aromatic N) is 3. The number of aryl methyl sites for hydroxylation is 1. The average Bonchev–Trinajstić information content (AvgIpc) is 3.14. The van der Waals surface area contributed by atoms with Crippen molar-refractivity contribution in [1.29, 1.82) is 0 Å². The van der Waals surface area contributed by atoms with Crippen LogP contribution in [-0.2, 0) is 6.42 Å². The van der Waals surface area contributed by atoms with Crippen molar-refractivity contribution in [2.45, 2.75) is 65.2 Å². The monoisotopic (exact) mass is 457 g/mol. The number of fused-ring (bicyclic) bond motifs is 2. The summed E-state index contributed by atoms with van der Waals surface area (Å²) in [6.07, 6.45) is 9.07. The first-order valence-electron chi connectivity index (χ1n) is 12.6. The Kier molecular flexibility index (Phi) is 7.78. The number of para-hydroxylation sites is 2. The molecule has 2 aromatic carbocycles. The quantitative estimate of drug-likeness (QED) is 0.263. The molecule has 0 aliphatic heterocycles. The van der Waals surface area contributed by atoms with E-state index >= 15 is 0 Å². The average molecular weight is 458 g/mol. The number of carbonyl (C=O) groups is 1. The van der Waals surface area contributed by atoms with Gasteiger partial charge in [-0.1, -0.05) is 70.2 Å². The van der Waals surface area contributed by atoms with Crippen LogP contribution < -0.4 is 11.1 Å². The summed E-state index contributed by atoms with van der Waals surface area (Å²) in [6, 6.07) is 16.1. The molecular weight excluding hydrogens is 422 g/mol. The number of hydrogen-bond donors (Lipinski definition) is 2. The smallest absolute Gasteiger partial charge is 0.257 e. The Labute approximate surface area is 201 Å². The molecule has 0 aliphatic rings. The number of carbonyl (C=O) groups excluding carboxylic acids is 1. The van der Waals surface area contributed by atoms with Crippen LogP contribution in [0, 0.1) is 0 Å². The second kappa shape index (κ2) is 11.1. The Balaban J connectivity index is 1.71. The van der Waals surface area contributed by atoms with Gasteiger partial charge in [-0.05, 0) is 49.1 Å². The number of benzene rings is 2. The second-order valence-electron chi connectivity index (χ2n) is 8.92. The molecule has 0 aliphatic carbocycles. The molecule has 4 aromatic rings. The van der Waals surface area contributed by atoms with Crippen molar-refractivity contribution in [2.75, 3.05) is 12.3 Å². The van der Waals surface area contributed by atoms with Crippen LogP contribution in [0.25, 0.3) is 27.9 Å². The zero-order chi connectivity index (χ0) is 23.9. The summed E-state index contributed by atoms with van der Waals surface area (Å²) in [5.74, 6) is 0.177. The van der Waals surface area contributed by atoms with Crippen LogP contribution in [0.15, 0.2) is 48.5 Å². The van der Waals surface area contributed by atoms with Crippen LogP contribution in [0.4, 0.5) is 5.82 Å². The van der Waals surface area contributed by atoms with Gasteiger partial charge in [0.15, 0.2) is 5.65 Å². The van der Waals surface area contributed by atoms with Gasteiger partial charge >= 0.3 is 0 Å². The number of aromatic nitrogens is 3. The number of unbranched alkanes of at least 4 members (excludes halogenated alkanes) is 5. The maximum absolute atomic E-state index is 13.2. The van der Waals surface area contributed by atoms with E-state index in [9.17, 15) is 4.79 Å². The zero-order valence-electron chi connectivity index (χ0n) is 20.3. The summed E-state index contributed by atoms with van der Waals surface area (Å²) in [5.41, 5.74) is 11.9. The number of hydrogen-bond acceptors (Lipinski definition) is 4. The molecule has 0 spiro atoms. The molecule has 0 bridgehead atoms. The number of rotatable bonds is 11. The van der Waals surface area contributed by atoms with Crippen molar-refractivity contribution in [3.63, 3.8) is 0 Å². The fraction of sp³-hybridized carbons (Fsp3) is 0.393. The van der Waals surface area contributed by atoms with Crippen LogP contribution in [0.3, 0.4) is 0 Å². The molecule has 3 N–H and O–H groups in total. The van der Waals surface area contributed by atoms with Crippen molar-refractivity contribution in [2.24, 2.45) is 0 Å². The van der Waals surface area contributed by atoms with Gasteiger partial charge in [-0.2, -0.15) is 0 Å². The van der Waals surface area contributed by atoms with E-state index in [1.165, 1.54) is 24.8 Å². The Morgan fingerprint density at radius 1 is 0.882 bits per heavy atom. The minimum Gasteiger partial charge on any atom is -0.384 e. The number of nitrogens with two attached hydrogens (primary N) is 1. The molecule has 6 nitrogen and oxygen atoms in total. The molecule has 6 heteroatoms. The largest absolute Gasteiger partial charge is 0.384 e. The van der Waals surface area contributed by atoms with Crippen LogP contribution in [0.2, 0.25) is 0 Å². The summed E-state index contributed by atoms with van der Waals surface area (Å²) in [6.45, 7) is 5.02. The van der Waals surface area contributed by atoms with E-state index in [0.717, 1.165) is 48.8 Å². The van der Waals surface area contributed by atoms with E-state index in [4.69, 9.17) is 15.7 Å². The summed E-state index contributed by atoms with van der Waals surface area (Å²) in [4.78, 5) is 22.9. The fourth-order valence-corrected chi connectivity index (χ4v) is 4.36. The van der Waals surface area contributed by atoms with E-state index in [0.29, 0.717) is 29.1 Å². The molecule has 178 valence electrons. The highest BCUT2D eigenvalue weighted by Crippen LogP contribution is 2.31. The molecule has 34 heavy (non-hydrogen) atoms. The third kappa shape index (κ3) is 5.06. The Bertz CT molecular complexity index is 1260. The normalized spacial score (nSPS) is 11.4. The highest BCUT2D eigenvalue weighted by atomic mass is 16.1. The minimum absolute atomic E-state index is 0.194. The van der Waals surface area contributed by atoms with Gasteiger partial charge in [0.05, 0.1) is 11.0 Å². The lowest BCUT2D eigenvalue weighted by molar-refractivity contribution is 0.0955. The molecule has 4 rings (SSSR count). The lowest BCUT2D eigenvalue weighted by Crippen LogP contribution is -2.25. The van der Waals surface area contributed by atoms with Crippen molar-refractivity contribution < 1.29 is 4.79 Å². The molecule has 0 fully saturated rings. The third-order valence-electron chi connectivity index (χ3n) is 6.30. The van der Waals surface area contributed by atoms with Gasteiger partial charge < -0.3 is 11.1 Å². The van der Waals surface area contributed by atoms with E-state index in [1.54, 1.807) is 0 Å². The number of nitrogen functional groups attached to an aromatic ring is 1. The maximum atomic E-state index is 13.2. The van der Waals surface area contributed by atoms with E-state index in [-0.39, 0.29) is 5.91 Å². The number of anilines is 1. The van der Waals surface area contributed by atoms with E-state index in [2.05, 4.69) is 31.3 Å². The van der Waals surface area contributed by atoms with Crippen molar-refractivity contribution >= 4 is 33.9 Å². The predicted octanol–water partition coefficient (Wildman–Crippen LogP) is 6.20. The second-order valence-corrected chi connectivity index (χ2v) is 8.92.